The molecule has 6 atom stereocenters. The maximum absolute atomic E-state index is 10.3. The van der Waals surface area contributed by atoms with Gasteiger partial charge in [0.1, 0.15) is 6.10 Å². The molecule has 0 heterocycles. The first kappa shape index (κ1) is 24.5. The maximum Gasteiger partial charge on any atom is 0.102 e. The Balaban J connectivity index is 1.72. The second-order valence-corrected chi connectivity index (χ2v) is 11.4. The molecule has 3 nitrogen and oxygen atoms in total. The third-order valence-electron chi connectivity index (χ3n) is 8.61. The van der Waals surface area contributed by atoms with Crippen LogP contribution in [0.3, 0.4) is 0 Å². The van der Waals surface area contributed by atoms with Crippen LogP contribution >= 0.6 is 0 Å². The molecule has 0 radical (unpaired) electrons. The minimum Gasteiger partial charge on any atom is -0.390 e. The fourth-order valence-electron chi connectivity index (χ4n) is 6.71. The summed E-state index contributed by atoms with van der Waals surface area (Å²) in [6.45, 7) is 16.6. The molecule has 0 aliphatic heterocycles. The van der Waals surface area contributed by atoms with Gasteiger partial charge in [0.15, 0.2) is 0 Å². The smallest absolute Gasteiger partial charge is 0.102 e. The molecule has 3 aliphatic carbocycles. The van der Waals surface area contributed by atoms with Crippen LogP contribution in [0.4, 0.5) is 0 Å². The number of aliphatic hydroxyl groups excluding tert-OH is 2. The molecule has 0 amide bonds. The van der Waals surface area contributed by atoms with Crippen molar-refractivity contribution in [3.8, 4) is 0 Å². The molecule has 0 aromatic heterocycles. The fourth-order valence-corrected chi connectivity index (χ4v) is 6.71. The minimum absolute atomic E-state index is 0.355. The lowest BCUT2D eigenvalue weighted by Gasteiger charge is -2.44. The van der Waals surface area contributed by atoms with Crippen molar-refractivity contribution < 1.29 is 15.3 Å². The third kappa shape index (κ3) is 5.26. The highest BCUT2D eigenvalue weighted by atomic mass is 16.3. The van der Waals surface area contributed by atoms with Crippen LogP contribution < -0.4 is 0 Å². The van der Waals surface area contributed by atoms with Crippen LogP contribution in [0.25, 0.3) is 0 Å². The van der Waals surface area contributed by atoms with Crippen LogP contribution in [-0.2, 0) is 0 Å². The average molecular weight is 429 g/mol. The quantitative estimate of drug-likeness (QED) is 0.464. The summed E-state index contributed by atoms with van der Waals surface area (Å²) in [6.07, 6.45) is 12.7. The number of rotatable bonds is 6. The van der Waals surface area contributed by atoms with Crippen LogP contribution in [0.15, 0.2) is 47.6 Å². The number of aliphatic hydroxyl groups is 3. The topological polar surface area (TPSA) is 60.7 Å². The van der Waals surface area contributed by atoms with E-state index in [9.17, 15) is 15.3 Å². The minimum atomic E-state index is -0.842. The van der Waals surface area contributed by atoms with E-state index in [1.54, 1.807) is 0 Å². The normalized spacial score (nSPS) is 38.0. The van der Waals surface area contributed by atoms with E-state index in [4.69, 9.17) is 0 Å². The molecule has 0 spiro atoms. The summed E-state index contributed by atoms with van der Waals surface area (Å²) >= 11 is 0. The Hall–Kier alpha value is -1.16. The van der Waals surface area contributed by atoms with Crippen LogP contribution in [0, 0.1) is 23.2 Å². The van der Waals surface area contributed by atoms with Crippen molar-refractivity contribution in [1.82, 2.24) is 0 Å². The first-order chi connectivity index (χ1) is 14.4. The van der Waals surface area contributed by atoms with Gasteiger partial charge in [-0.1, -0.05) is 57.6 Å². The molecular formula is C28H44O3. The van der Waals surface area contributed by atoms with E-state index in [1.807, 2.05) is 13.8 Å². The predicted octanol–water partition coefficient (Wildman–Crippen LogP) is 5.87. The average Bonchev–Trinajstić information content (AvgIpc) is 3.04. The zero-order valence-corrected chi connectivity index (χ0v) is 20.2. The standard InChI is InChI=1S/C28H44O3/c1-18(9-7-15-27(4,5)31)23-13-14-24-21(10-8-16-28(23,24)6)11-12-22-17-25(29)20(3)26(30)19(22)2/h11-12,18,23-26,29-31H,2-3,7-10,13-17H2,1,4-6H3/b21-11?,22-12-/t18-,23-,24+,25-,26-,28-/m1/s1. The van der Waals surface area contributed by atoms with E-state index in [2.05, 4.69) is 39.2 Å². The zero-order chi connectivity index (χ0) is 23.0. The van der Waals surface area contributed by atoms with Gasteiger partial charge in [0.2, 0.25) is 0 Å². The summed E-state index contributed by atoms with van der Waals surface area (Å²) in [5, 5.41) is 30.5. The molecule has 0 bridgehead atoms. The van der Waals surface area contributed by atoms with E-state index < -0.39 is 17.8 Å². The molecule has 31 heavy (non-hydrogen) atoms. The van der Waals surface area contributed by atoms with Gasteiger partial charge >= 0.3 is 0 Å². The van der Waals surface area contributed by atoms with Crippen LogP contribution in [-0.4, -0.2) is 33.1 Å². The van der Waals surface area contributed by atoms with E-state index in [1.165, 1.54) is 37.7 Å². The Labute approximate surface area is 189 Å². The van der Waals surface area contributed by atoms with Crippen molar-refractivity contribution in [3.63, 3.8) is 0 Å². The molecule has 3 aliphatic rings. The first-order valence-corrected chi connectivity index (χ1v) is 12.3. The highest BCUT2D eigenvalue weighted by Gasteiger charge is 2.50. The van der Waals surface area contributed by atoms with Gasteiger partial charge in [-0.05, 0) is 92.3 Å². The molecule has 174 valence electrons. The second kappa shape index (κ2) is 9.37. The van der Waals surface area contributed by atoms with Gasteiger partial charge in [-0.2, -0.15) is 0 Å². The molecule has 0 saturated heterocycles. The lowest BCUT2D eigenvalue weighted by molar-refractivity contribution is 0.0596. The van der Waals surface area contributed by atoms with Gasteiger partial charge < -0.3 is 15.3 Å². The molecule has 3 saturated carbocycles. The molecule has 0 aromatic carbocycles. The maximum atomic E-state index is 10.3. The highest BCUT2D eigenvalue weighted by Crippen LogP contribution is 2.60. The van der Waals surface area contributed by atoms with Gasteiger partial charge in [0.05, 0.1) is 11.7 Å². The lowest BCUT2D eigenvalue weighted by Crippen LogP contribution is -2.36. The van der Waals surface area contributed by atoms with E-state index >= 15 is 0 Å². The summed E-state index contributed by atoms with van der Waals surface area (Å²) in [4.78, 5) is 0. The summed E-state index contributed by atoms with van der Waals surface area (Å²) in [5.41, 5.74) is 3.41. The van der Waals surface area contributed by atoms with E-state index in [0.29, 0.717) is 34.8 Å². The number of fused-ring (bicyclic) bond motifs is 1. The lowest BCUT2D eigenvalue weighted by atomic mass is 9.60. The summed E-state index contributed by atoms with van der Waals surface area (Å²) in [7, 11) is 0. The second-order valence-electron chi connectivity index (χ2n) is 11.4. The van der Waals surface area contributed by atoms with Crippen molar-refractivity contribution in [1.29, 1.82) is 0 Å². The molecule has 0 aromatic rings. The molecule has 3 heteroatoms. The number of hydrogen-bond acceptors (Lipinski definition) is 3. The van der Waals surface area contributed by atoms with E-state index in [0.717, 1.165) is 30.8 Å². The summed E-state index contributed by atoms with van der Waals surface area (Å²) < 4.78 is 0. The van der Waals surface area contributed by atoms with Gasteiger partial charge in [-0.3, -0.25) is 0 Å². The van der Waals surface area contributed by atoms with Crippen LogP contribution in [0.5, 0.6) is 0 Å². The molecular weight excluding hydrogens is 384 g/mol. The van der Waals surface area contributed by atoms with Crippen molar-refractivity contribution in [2.24, 2.45) is 23.2 Å². The molecule has 3 fully saturated rings. The Kier molecular flexibility index (Phi) is 7.40. The fraction of sp³-hybridized carbons (Fsp3) is 0.714. The Morgan fingerprint density at radius 2 is 1.90 bits per heavy atom. The summed E-state index contributed by atoms with van der Waals surface area (Å²) in [5.74, 6) is 2.05. The largest absolute Gasteiger partial charge is 0.390 e. The predicted molar refractivity (Wildman–Crippen MR) is 129 cm³/mol. The number of allylic oxidation sites excluding steroid dienone is 3. The summed E-state index contributed by atoms with van der Waals surface area (Å²) in [6, 6.07) is 0. The van der Waals surface area contributed by atoms with Crippen LogP contribution in [0.2, 0.25) is 0 Å². The number of hydrogen-bond donors (Lipinski definition) is 3. The van der Waals surface area contributed by atoms with Crippen LogP contribution in [0.1, 0.15) is 85.5 Å². The molecule has 3 N–H and O–H groups in total. The third-order valence-corrected chi connectivity index (χ3v) is 8.61. The SMILES string of the molecule is C=C1/C(=C\C=C2CCC[C@]3(C)[C@@H]([C@H](C)CCCC(C)(C)O)CC[C@@H]23)C[C@@H](O)C(=C)[C@@H]1O. The van der Waals surface area contributed by atoms with Crippen molar-refractivity contribution in [2.45, 2.75) is 103 Å². The Bertz CT molecular complexity index is 753. The van der Waals surface area contributed by atoms with Crippen molar-refractivity contribution in [3.05, 3.63) is 47.6 Å². The Morgan fingerprint density at radius 3 is 2.58 bits per heavy atom. The van der Waals surface area contributed by atoms with Gasteiger partial charge in [-0.25, -0.2) is 0 Å². The van der Waals surface area contributed by atoms with Gasteiger partial charge in [0, 0.05) is 6.42 Å². The first-order valence-electron chi connectivity index (χ1n) is 12.3. The van der Waals surface area contributed by atoms with Crippen molar-refractivity contribution >= 4 is 0 Å². The molecule has 3 rings (SSSR count). The Morgan fingerprint density at radius 1 is 1.19 bits per heavy atom. The monoisotopic (exact) mass is 428 g/mol. The van der Waals surface area contributed by atoms with Crippen molar-refractivity contribution in [2.75, 3.05) is 0 Å². The molecule has 0 unspecified atom stereocenters. The zero-order valence-electron chi connectivity index (χ0n) is 20.2. The van der Waals surface area contributed by atoms with Gasteiger partial charge in [-0.15, -0.1) is 0 Å². The van der Waals surface area contributed by atoms with E-state index in [-0.39, 0.29) is 0 Å². The van der Waals surface area contributed by atoms with Gasteiger partial charge in [0.25, 0.3) is 0 Å². The highest BCUT2D eigenvalue weighted by molar-refractivity contribution is 5.45.